The molecule has 1 aliphatic rings. The van der Waals surface area contributed by atoms with Crippen molar-refractivity contribution in [3.8, 4) is 17.2 Å². The van der Waals surface area contributed by atoms with Crippen LogP contribution in [0.1, 0.15) is 42.3 Å². The molecule has 3 rings (SSSR count). The van der Waals surface area contributed by atoms with E-state index in [-0.39, 0.29) is 0 Å². The molecule has 142 valence electrons. The van der Waals surface area contributed by atoms with Crippen molar-refractivity contribution in [1.29, 1.82) is 0 Å². The third-order valence-electron chi connectivity index (χ3n) is 5.39. The van der Waals surface area contributed by atoms with Gasteiger partial charge in [-0.05, 0) is 63.4 Å². The van der Waals surface area contributed by atoms with Gasteiger partial charge in [0.1, 0.15) is 11.5 Å². The van der Waals surface area contributed by atoms with E-state index < -0.39 is 0 Å². The van der Waals surface area contributed by atoms with Gasteiger partial charge in [-0.25, -0.2) is 4.98 Å². The molecule has 5 nitrogen and oxygen atoms in total. The number of ether oxygens (including phenoxy) is 2. The van der Waals surface area contributed by atoms with Crippen LogP contribution in [-0.2, 0) is 11.3 Å². The molecule has 1 fully saturated rings. The van der Waals surface area contributed by atoms with Gasteiger partial charge in [-0.15, -0.1) is 0 Å². The van der Waals surface area contributed by atoms with Crippen LogP contribution in [0.4, 0.5) is 0 Å². The van der Waals surface area contributed by atoms with Gasteiger partial charge in [0.15, 0.2) is 0 Å². The summed E-state index contributed by atoms with van der Waals surface area (Å²) in [5, 5.41) is 0. The normalized spacial score (nSPS) is 17.2. The third kappa shape index (κ3) is 3.94. The zero-order valence-electron chi connectivity index (χ0n) is 16.6. The monoisotopic (exact) mass is 358 g/mol. The predicted octanol–water partition coefficient (Wildman–Crippen LogP) is 4.28. The molecule has 0 saturated carbocycles. The highest BCUT2D eigenvalue weighted by molar-refractivity contribution is 5.63. The van der Waals surface area contributed by atoms with Gasteiger partial charge in [0.05, 0.1) is 18.9 Å². The number of aryl methyl sites for hydroxylation is 1. The van der Waals surface area contributed by atoms with Crippen LogP contribution in [0.15, 0.2) is 16.5 Å². The molecule has 5 heteroatoms. The van der Waals surface area contributed by atoms with Crippen molar-refractivity contribution in [2.24, 2.45) is 0 Å². The second kappa shape index (κ2) is 8.23. The number of hydrogen-bond acceptors (Lipinski definition) is 5. The number of methoxy groups -OCH3 is 1. The molecule has 0 amide bonds. The van der Waals surface area contributed by atoms with Gasteiger partial charge in [0, 0.05) is 25.3 Å². The number of hydrogen-bond donors (Lipinski definition) is 0. The van der Waals surface area contributed by atoms with E-state index in [1.807, 2.05) is 19.1 Å². The summed E-state index contributed by atoms with van der Waals surface area (Å²) in [6.07, 6.45) is 2.68. The minimum absolute atomic E-state index is 0.355. The number of likely N-dealkylation sites (N-methyl/N-ethyl adjacent to an activating group) is 1. The minimum Gasteiger partial charge on any atom is -0.496 e. The lowest BCUT2D eigenvalue weighted by Crippen LogP contribution is -2.31. The second-order valence-corrected chi connectivity index (χ2v) is 7.05. The molecule has 1 aromatic carbocycles. The summed E-state index contributed by atoms with van der Waals surface area (Å²) >= 11 is 0. The van der Waals surface area contributed by atoms with E-state index in [1.165, 1.54) is 6.42 Å². The smallest absolute Gasteiger partial charge is 0.226 e. The number of benzene rings is 1. The van der Waals surface area contributed by atoms with Gasteiger partial charge in [-0.1, -0.05) is 6.92 Å². The SMILES string of the molecule is CCN(Cc1nc(-c2ccc(OC)c(C)c2C)oc1C)CC1CCCO1. The highest BCUT2D eigenvalue weighted by Crippen LogP contribution is 2.31. The van der Waals surface area contributed by atoms with Crippen LogP contribution < -0.4 is 4.74 Å². The van der Waals surface area contributed by atoms with Gasteiger partial charge in [-0.2, -0.15) is 0 Å². The molecule has 0 bridgehead atoms. The topological polar surface area (TPSA) is 47.7 Å². The summed E-state index contributed by atoms with van der Waals surface area (Å²) in [7, 11) is 1.70. The molecular weight excluding hydrogens is 328 g/mol. The first-order chi connectivity index (χ1) is 12.5. The Bertz CT molecular complexity index is 748. The number of aromatic nitrogens is 1. The van der Waals surface area contributed by atoms with E-state index in [2.05, 4.69) is 25.7 Å². The largest absolute Gasteiger partial charge is 0.496 e. The molecule has 1 aliphatic heterocycles. The third-order valence-corrected chi connectivity index (χ3v) is 5.39. The van der Waals surface area contributed by atoms with Crippen LogP contribution in [0.2, 0.25) is 0 Å². The first-order valence-electron chi connectivity index (χ1n) is 9.48. The molecule has 1 aromatic heterocycles. The maximum atomic E-state index is 6.02. The highest BCUT2D eigenvalue weighted by atomic mass is 16.5. The lowest BCUT2D eigenvalue weighted by molar-refractivity contribution is 0.0720. The fraction of sp³-hybridized carbons (Fsp3) is 0.571. The maximum Gasteiger partial charge on any atom is 0.226 e. The van der Waals surface area contributed by atoms with Crippen LogP contribution in [0.3, 0.4) is 0 Å². The van der Waals surface area contributed by atoms with Crippen molar-refractivity contribution in [2.75, 3.05) is 26.8 Å². The summed E-state index contributed by atoms with van der Waals surface area (Å²) in [5.41, 5.74) is 4.30. The molecule has 2 heterocycles. The second-order valence-electron chi connectivity index (χ2n) is 7.05. The highest BCUT2D eigenvalue weighted by Gasteiger charge is 2.21. The fourth-order valence-electron chi connectivity index (χ4n) is 3.53. The summed E-state index contributed by atoms with van der Waals surface area (Å²) in [6, 6.07) is 4.01. The van der Waals surface area contributed by atoms with Crippen molar-refractivity contribution in [1.82, 2.24) is 9.88 Å². The molecule has 0 radical (unpaired) electrons. The van der Waals surface area contributed by atoms with Gasteiger partial charge >= 0.3 is 0 Å². The Hall–Kier alpha value is -1.85. The zero-order valence-corrected chi connectivity index (χ0v) is 16.6. The predicted molar refractivity (Wildman–Crippen MR) is 103 cm³/mol. The Morgan fingerprint density at radius 1 is 1.23 bits per heavy atom. The minimum atomic E-state index is 0.355. The Balaban J connectivity index is 1.79. The standard InChI is InChI=1S/C21H30N2O3/c1-6-23(12-17-8-7-11-25-17)13-19-16(4)26-21(22-19)18-9-10-20(24-5)15(3)14(18)2/h9-10,17H,6-8,11-13H2,1-5H3. The lowest BCUT2D eigenvalue weighted by atomic mass is 10.0. The van der Waals surface area contributed by atoms with Gasteiger partial charge < -0.3 is 13.9 Å². The van der Waals surface area contributed by atoms with Crippen molar-refractivity contribution < 1.29 is 13.9 Å². The van der Waals surface area contributed by atoms with E-state index in [0.29, 0.717) is 12.0 Å². The first kappa shape index (κ1) is 18.9. The van der Waals surface area contributed by atoms with E-state index in [0.717, 1.165) is 66.6 Å². The van der Waals surface area contributed by atoms with E-state index >= 15 is 0 Å². The first-order valence-corrected chi connectivity index (χ1v) is 9.48. The molecule has 0 N–H and O–H groups in total. The molecule has 2 aromatic rings. The van der Waals surface area contributed by atoms with Crippen LogP contribution >= 0.6 is 0 Å². The van der Waals surface area contributed by atoms with Gasteiger partial charge in [-0.3, -0.25) is 4.90 Å². The molecule has 0 spiro atoms. The van der Waals surface area contributed by atoms with E-state index in [1.54, 1.807) is 7.11 Å². The number of rotatable bonds is 7. The van der Waals surface area contributed by atoms with Crippen molar-refractivity contribution in [3.63, 3.8) is 0 Å². The zero-order chi connectivity index (χ0) is 18.7. The van der Waals surface area contributed by atoms with Crippen LogP contribution in [0, 0.1) is 20.8 Å². The summed E-state index contributed by atoms with van der Waals surface area (Å²) < 4.78 is 17.2. The number of nitrogens with zero attached hydrogens (tertiary/aromatic N) is 2. The average molecular weight is 358 g/mol. The average Bonchev–Trinajstić information content (AvgIpc) is 3.27. The van der Waals surface area contributed by atoms with Crippen LogP contribution in [0.25, 0.3) is 11.5 Å². The Kier molecular flexibility index (Phi) is 5.99. The molecule has 0 aliphatic carbocycles. The van der Waals surface area contributed by atoms with Gasteiger partial charge in [0.25, 0.3) is 0 Å². The Morgan fingerprint density at radius 2 is 2.04 bits per heavy atom. The lowest BCUT2D eigenvalue weighted by Gasteiger charge is -2.22. The Morgan fingerprint density at radius 3 is 2.69 bits per heavy atom. The van der Waals surface area contributed by atoms with Crippen molar-refractivity contribution in [3.05, 3.63) is 34.7 Å². The van der Waals surface area contributed by atoms with Crippen LogP contribution in [-0.4, -0.2) is 42.8 Å². The molecule has 26 heavy (non-hydrogen) atoms. The summed E-state index contributed by atoms with van der Waals surface area (Å²) in [4.78, 5) is 7.20. The van der Waals surface area contributed by atoms with Crippen LogP contribution in [0.5, 0.6) is 5.75 Å². The maximum absolute atomic E-state index is 6.02. The quantitative estimate of drug-likeness (QED) is 0.739. The van der Waals surface area contributed by atoms with E-state index in [4.69, 9.17) is 18.9 Å². The van der Waals surface area contributed by atoms with Gasteiger partial charge in [0.2, 0.25) is 5.89 Å². The molecule has 1 saturated heterocycles. The van der Waals surface area contributed by atoms with Crippen molar-refractivity contribution >= 4 is 0 Å². The Labute approximate surface area is 156 Å². The summed E-state index contributed by atoms with van der Waals surface area (Å²) in [6.45, 7) is 11.9. The molecule has 1 unspecified atom stereocenters. The summed E-state index contributed by atoms with van der Waals surface area (Å²) in [5.74, 6) is 2.47. The number of oxazole rings is 1. The van der Waals surface area contributed by atoms with Crippen molar-refractivity contribution in [2.45, 2.75) is 53.2 Å². The molecule has 1 atom stereocenters. The van der Waals surface area contributed by atoms with E-state index in [9.17, 15) is 0 Å². The molecular formula is C21H30N2O3. The fourth-order valence-corrected chi connectivity index (χ4v) is 3.53.